The van der Waals surface area contributed by atoms with Gasteiger partial charge in [0.2, 0.25) is 0 Å². The Balaban J connectivity index is 2.23. The fourth-order valence-electron chi connectivity index (χ4n) is 2.64. The van der Waals surface area contributed by atoms with E-state index in [0.29, 0.717) is 25.7 Å². The van der Waals surface area contributed by atoms with Crippen molar-refractivity contribution in [3.63, 3.8) is 0 Å². The molecule has 1 fully saturated rings. The molecule has 1 saturated heterocycles. The summed E-state index contributed by atoms with van der Waals surface area (Å²) < 4.78 is 19.5. The Morgan fingerprint density at radius 1 is 1.45 bits per heavy atom. The number of benzene rings is 1. The van der Waals surface area contributed by atoms with E-state index in [1.165, 1.54) is 12.1 Å². The molecule has 1 atom stereocenters. The van der Waals surface area contributed by atoms with Gasteiger partial charge >= 0.3 is 5.97 Å². The fourth-order valence-corrected chi connectivity index (χ4v) is 2.64. The van der Waals surface area contributed by atoms with Crippen LogP contribution in [0, 0.1) is 11.7 Å². The lowest BCUT2D eigenvalue weighted by Gasteiger charge is -2.36. The Kier molecular flexibility index (Phi) is 5.13. The molecule has 0 aromatic heterocycles. The summed E-state index contributed by atoms with van der Waals surface area (Å²) in [6.07, 6.45) is 0.778. The van der Waals surface area contributed by atoms with Gasteiger partial charge in [-0.25, -0.2) is 9.18 Å². The first-order valence-corrected chi connectivity index (χ1v) is 7.31. The number of morpholine rings is 1. The average molecular weight is 309 g/mol. The number of amides is 1. The van der Waals surface area contributed by atoms with Crippen LogP contribution >= 0.6 is 0 Å². The molecule has 5 nitrogen and oxygen atoms in total. The summed E-state index contributed by atoms with van der Waals surface area (Å²) in [6.45, 7) is 5.39. The van der Waals surface area contributed by atoms with E-state index >= 15 is 0 Å². The second-order valence-corrected chi connectivity index (χ2v) is 5.86. The first-order chi connectivity index (χ1) is 10.4. The van der Waals surface area contributed by atoms with Gasteiger partial charge in [0, 0.05) is 6.54 Å². The number of rotatable bonds is 4. The zero-order chi connectivity index (χ0) is 16.3. The Morgan fingerprint density at radius 2 is 2.18 bits per heavy atom. The van der Waals surface area contributed by atoms with Crippen molar-refractivity contribution in [2.75, 3.05) is 19.8 Å². The van der Waals surface area contributed by atoms with Gasteiger partial charge in [0.1, 0.15) is 5.82 Å². The second-order valence-electron chi connectivity index (χ2n) is 5.86. The minimum atomic E-state index is -1.22. The van der Waals surface area contributed by atoms with Crippen LogP contribution in [0.3, 0.4) is 0 Å². The van der Waals surface area contributed by atoms with Crippen molar-refractivity contribution in [2.45, 2.75) is 26.3 Å². The monoisotopic (exact) mass is 309 g/mol. The molecule has 0 aliphatic carbocycles. The predicted octanol–water partition coefficient (Wildman–Crippen LogP) is 2.41. The molecule has 1 heterocycles. The van der Waals surface area contributed by atoms with Crippen molar-refractivity contribution in [2.24, 2.45) is 5.92 Å². The smallest absolute Gasteiger partial charge is 0.335 e. The SMILES string of the molecule is CC(C)CC1COCCN1C(=O)c1ccc(C(=O)O)cc1F. The van der Waals surface area contributed by atoms with Crippen LogP contribution in [-0.2, 0) is 4.74 Å². The largest absolute Gasteiger partial charge is 0.478 e. The van der Waals surface area contributed by atoms with E-state index in [9.17, 15) is 14.0 Å². The normalized spacial score (nSPS) is 18.5. The van der Waals surface area contributed by atoms with E-state index in [1.54, 1.807) is 4.90 Å². The molecular formula is C16H20FNO4. The lowest BCUT2D eigenvalue weighted by Crippen LogP contribution is -2.49. The summed E-state index contributed by atoms with van der Waals surface area (Å²) in [4.78, 5) is 25.0. The highest BCUT2D eigenvalue weighted by atomic mass is 19.1. The van der Waals surface area contributed by atoms with E-state index in [-0.39, 0.29) is 17.2 Å². The molecule has 22 heavy (non-hydrogen) atoms. The molecule has 1 amide bonds. The number of aromatic carboxylic acids is 1. The maximum Gasteiger partial charge on any atom is 0.335 e. The quantitative estimate of drug-likeness (QED) is 0.927. The Bertz CT molecular complexity index is 573. The van der Waals surface area contributed by atoms with Gasteiger partial charge in [0.15, 0.2) is 0 Å². The summed E-state index contributed by atoms with van der Waals surface area (Å²) >= 11 is 0. The third-order valence-corrected chi connectivity index (χ3v) is 3.68. The third kappa shape index (κ3) is 3.62. The molecule has 0 bridgehead atoms. The number of halogens is 1. The van der Waals surface area contributed by atoms with Gasteiger partial charge in [-0.3, -0.25) is 4.79 Å². The summed E-state index contributed by atoms with van der Waals surface area (Å²) in [5.41, 5.74) is -0.268. The molecule has 1 unspecified atom stereocenters. The number of carbonyl (C=O) groups is 2. The van der Waals surface area contributed by atoms with E-state index in [4.69, 9.17) is 9.84 Å². The minimum Gasteiger partial charge on any atom is -0.478 e. The number of ether oxygens (including phenoxy) is 1. The van der Waals surface area contributed by atoms with Crippen molar-refractivity contribution < 1.29 is 23.8 Å². The number of hydrogen-bond acceptors (Lipinski definition) is 3. The van der Waals surface area contributed by atoms with Gasteiger partial charge in [-0.05, 0) is 30.5 Å². The molecule has 1 aromatic rings. The van der Waals surface area contributed by atoms with Crippen LogP contribution in [0.25, 0.3) is 0 Å². The van der Waals surface area contributed by atoms with Crippen LogP contribution in [-0.4, -0.2) is 47.7 Å². The highest BCUT2D eigenvalue weighted by molar-refractivity contribution is 5.96. The van der Waals surface area contributed by atoms with Crippen LogP contribution in [0.1, 0.15) is 41.0 Å². The highest BCUT2D eigenvalue weighted by Crippen LogP contribution is 2.20. The number of carboxylic acids is 1. The lowest BCUT2D eigenvalue weighted by atomic mass is 10.0. The first-order valence-electron chi connectivity index (χ1n) is 7.31. The number of hydrogen-bond donors (Lipinski definition) is 1. The van der Waals surface area contributed by atoms with Crippen LogP contribution in [0.5, 0.6) is 0 Å². The summed E-state index contributed by atoms with van der Waals surface area (Å²) in [7, 11) is 0. The lowest BCUT2D eigenvalue weighted by molar-refractivity contribution is -0.00769. The maximum absolute atomic E-state index is 14.1. The second kappa shape index (κ2) is 6.87. The van der Waals surface area contributed by atoms with Crippen molar-refractivity contribution in [1.29, 1.82) is 0 Å². The third-order valence-electron chi connectivity index (χ3n) is 3.68. The molecule has 0 radical (unpaired) electrons. The van der Waals surface area contributed by atoms with E-state index in [2.05, 4.69) is 13.8 Å². The molecule has 1 aromatic carbocycles. The van der Waals surface area contributed by atoms with Gasteiger partial charge in [0.05, 0.1) is 30.4 Å². The molecule has 0 spiro atoms. The predicted molar refractivity (Wildman–Crippen MR) is 78.5 cm³/mol. The minimum absolute atomic E-state index is 0.0835. The number of nitrogens with zero attached hydrogens (tertiary/aromatic N) is 1. The summed E-state index contributed by atoms with van der Waals surface area (Å²) in [6, 6.07) is 3.28. The van der Waals surface area contributed by atoms with Crippen LogP contribution in [0.2, 0.25) is 0 Å². The topological polar surface area (TPSA) is 66.8 Å². The number of carbonyl (C=O) groups excluding carboxylic acids is 1. The van der Waals surface area contributed by atoms with Gasteiger partial charge in [-0.15, -0.1) is 0 Å². The maximum atomic E-state index is 14.1. The van der Waals surface area contributed by atoms with Gasteiger partial charge in [-0.2, -0.15) is 0 Å². The van der Waals surface area contributed by atoms with Gasteiger partial charge in [-0.1, -0.05) is 13.8 Å². The zero-order valence-electron chi connectivity index (χ0n) is 12.7. The Morgan fingerprint density at radius 3 is 2.77 bits per heavy atom. The number of carboxylic acid groups (broad SMARTS) is 1. The summed E-state index contributed by atoms with van der Waals surface area (Å²) in [5.74, 6) is -2.05. The zero-order valence-corrected chi connectivity index (χ0v) is 12.7. The van der Waals surface area contributed by atoms with E-state index in [0.717, 1.165) is 12.5 Å². The first kappa shape index (κ1) is 16.4. The molecule has 0 saturated carbocycles. The Hall–Kier alpha value is -1.95. The fraction of sp³-hybridized carbons (Fsp3) is 0.500. The molecule has 1 N–H and O–H groups in total. The van der Waals surface area contributed by atoms with Crippen LogP contribution in [0.15, 0.2) is 18.2 Å². The molecular weight excluding hydrogens is 289 g/mol. The van der Waals surface area contributed by atoms with Gasteiger partial charge < -0.3 is 14.7 Å². The molecule has 1 aliphatic heterocycles. The molecule has 6 heteroatoms. The van der Waals surface area contributed by atoms with Crippen molar-refractivity contribution >= 4 is 11.9 Å². The van der Waals surface area contributed by atoms with E-state index in [1.807, 2.05) is 0 Å². The van der Waals surface area contributed by atoms with Gasteiger partial charge in [0.25, 0.3) is 5.91 Å². The molecule has 2 rings (SSSR count). The van der Waals surface area contributed by atoms with Crippen LogP contribution in [0.4, 0.5) is 4.39 Å². The highest BCUT2D eigenvalue weighted by Gasteiger charge is 2.30. The molecule has 1 aliphatic rings. The standard InChI is InChI=1S/C16H20FNO4/c1-10(2)7-12-9-22-6-5-18(12)15(19)13-4-3-11(16(20)21)8-14(13)17/h3-4,8,10,12H,5-7,9H2,1-2H3,(H,20,21). The van der Waals surface area contributed by atoms with Crippen molar-refractivity contribution in [1.82, 2.24) is 4.90 Å². The Labute approximate surface area is 128 Å². The average Bonchev–Trinajstić information content (AvgIpc) is 2.46. The molecule has 120 valence electrons. The van der Waals surface area contributed by atoms with Crippen molar-refractivity contribution in [3.05, 3.63) is 35.1 Å². The van der Waals surface area contributed by atoms with Crippen molar-refractivity contribution in [3.8, 4) is 0 Å². The van der Waals surface area contributed by atoms with E-state index < -0.39 is 17.7 Å². The summed E-state index contributed by atoms with van der Waals surface area (Å²) in [5, 5.41) is 8.85. The van der Waals surface area contributed by atoms with Crippen LogP contribution < -0.4 is 0 Å².